The summed E-state index contributed by atoms with van der Waals surface area (Å²) in [5.74, 6) is -0.357. The lowest BCUT2D eigenvalue weighted by Gasteiger charge is -2.24. The van der Waals surface area contributed by atoms with Crippen molar-refractivity contribution in [3.63, 3.8) is 0 Å². The number of hydrogen-bond donors (Lipinski definition) is 2. The SMILES string of the molecule is Cc1cccc(C(C)C)c1NC(=O)N1C[C@@H]2CCC[C@@]2(C(=O)O)C1. The Balaban J connectivity index is 1.79. The number of benzene rings is 1. The normalized spacial score (nSPS) is 25.8. The molecule has 1 aromatic carbocycles. The number of carboxylic acid groups (broad SMARTS) is 1. The summed E-state index contributed by atoms with van der Waals surface area (Å²) in [6.45, 7) is 7.05. The number of aryl methyl sites for hydroxylation is 1. The minimum Gasteiger partial charge on any atom is -0.481 e. The van der Waals surface area contributed by atoms with Gasteiger partial charge >= 0.3 is 12.0 Å². The molecule has 0 unspecified atom stereocenters. The summed E-state index contributed by atoms with van der Waals surface area (Å²) in [6.07, 6.45) is 2.53. The molecule has 1 heterocycles. The summed E-state index contributed by atoms with van der Waals surface area (Å²) in [4.78, 5) is 26.2. The number of carbonyl (C=O) groups excluding carboxylic acids is 1. The zero-order valence-electron chi connectivity index (χ0n) is 14.6. The van der Waals surface area contributed by atoms with Crippen molar-refractivity contribution in [3.8, 4) is 0 Å². The summed E-state index contributed by atoms with van der Waals surface area (Å²) < 4.78 is 0. The monoisotopic (exact) mass is 330 g/mol. The number of aliphatic carboxylic acids is 1. The van der Waals surface area contributed by atoms with Gasteiger partial charge in [-0.25, -0.2) is 4.79 Å². The highest BCUT2D eigenvalue weighted by Crippen LogP contribution is 2.49. The van der Waals surface area contributed by atoms with Crippen molar-refractivity contribution in [1.82, 2.24) is 4.90 Å². The molecule has 24 heavy (non-hydrogen) atoms. The molecular weight excluding hydrogens is 304 g/mol. The molecule has 130 valence electrons. The molecule has 3 rings (SSSR count). The van der Waals surface area contributed by atoms with Crippen molar-refractivity contribution in [1.29, 1.82) is 0 Å². The van der Waals surface area contributed by atoms with E-state index in [0.29, 0.717) is 25.4 Å². The molecule has 2 fully saturated rings. The maximum atomic E-state index is 12.8. The Labute approximate surface area is 143 Å². The second kappa shape index (κ2) is 6.11. The van der Waals surface area contributed by atoms with Crippen LogP contribution in [0.4, 0.5) is 10.5 Å². The maximum Gasteiger partial charge on any atom is 0.321 e. The van der Waals surface area contributed by atoms with Crippen LogP contribution < -0.4 is 5.32 Å². The highest BCUT2D eigenvalue weighted by Gasteiger charge is 2.55. The van der Waals surface area contributed by atoms with Gasteiger partial charge in [-0.1, -0.05) is 38.5 Å². The number of carboxylic acids is 1. The van der Waals surface area contributed by atoms with Crippen LogP contribution in [-0.2, 0) is 4.79 Å². The third-order valence-corrected chi connectivity index (χ3v) is 5.74. The molecule has 1 saturated heterocycles. The fraction of sp³-hybridized carbons (Fsp3) is 0.579. The zero-order chi connectivity index (χ0) is 17.5. The average Bonchev–Trinajstić information content (AvgIpc) is 3.06. The number of amides is 2. The number of likely N-dealkylation sites (tertiary alicyclic amines) is 1. The third-order valence-electron chi connectivity index (χ3n) is 5.74. The molecule has 2 atom stereocenters. The Morgan fingerprint density at radius 1 is 1.38 bits per heavy atom. The molecule has 0 radical (unpaired) electrons. The summed E-state index contributed by atoms with van der Waals surface area (Å²) in [6, 6.07) is 5.84. The first-order valence-electron chi connectivity index (χ1n) is 8.74. The number of carbonyl (C=O) groups is 2. The molecule has 2 N–H and O–H groups in total. The van der Waals surface area contributed by atoms with Crippen molar-refractivity contribution >= 4 is 17.7 Å². The van der Waals surface area contributed by atoms with Crippen LogP contribution in [0, 0.1) is 18.3 Å². The third kappa shape index (κ3) is 2.66. The van der Waals surface area contributed by atoms with Crippen LogP contribution in [0.3, 0.4) is 0 Å². The van der Waals surface area contributed by atoms with Gasteiger partial charge in [-0.05, 0) is 42.7 Å². The first kappa shape index (κ1) is 16.8. The Morgan fingerprint density at radius 2 is 2.12 bits per heavy atom. The smallest absolute Gasteiger partial charge is 0.321 e. The molecule has 0 spiro atoms. The second-order valence-corrected chi connectivity index (χ2v) is 7.55. The Bertz CT molecular complexity index is 671. The predicted octanol–water partition coefficient (Wildman–Crippen LogP) is 3.84. The molecular formula is C19H26N2O3. The van der Waals surface area contributed by atoms with Crippen LogP contribution >= 0.6 is 0 Å². The lowest BCUT2D eigenvalue weighted by atomic mass is 9.81. The number of urea groups is 1. The van der Waals surface area contributed by atoms with Crippen molar-refractivity contribution in [2.24, 2.45) is 11.3 Å². The van der Waals surface area contributed by atoms with E-state index in [1.165, 1.54) is 0 Å². The van der Waals surface area contributed by atoms with Gasteiger partial charge in [0.1, 0.15) is 0 Å². The average molecular weight is 330 g/mol. The van der Waals surface area contributed by atoms with Crippen molar-refractivity contribution in [2.45, 2.75) is 46.0 Å². The Morgan fingerprint density at radius 3 is 2.75 bits per heavy atom. The summed E-state index contributed by atoms with van der Waals surface area (Å²) >= 11 is 0. The van der Waals surface area contributed by atoms with E-state index in [0.717, 1.165) is 29.7 Å². The maximum absolute atomic E-state index is 12.8. The van der Waals surface area contributed by atoms with E-state index in [1.54, 1.807) is 4.90 Å². The molecule has 5 nitrogen and oxygen atoms in total. The molecule has 5 heteroatoms. The highest BCUT2D eigenvalue weighted by atomic mass is 16.4. The van der Waals surface area contributed by atoms with Crippen LogP contribution in [-0.4, -0.2) is 35.1 Å². The fourth-order valence-electron chi connectivity index (χ4n) is 4.32. The Kier molecular flexibility index (Phi) is 4.28. The number of anilines is 1. The van der Waals surface area contributed by atoms with Crippen molar-refractivity contribution in [3.05, 3.63) is 29.3 Å². The van der Waals surface area contributed by atoms with E-state index >= 15 is 0 Å². The minimum atomic E-state index is -0.751. The zero-order valence-corrected chi connectivity index (χ0v) is 14.6. The first-order chi connectivity index (χ1) is 11.3. The minimum absolute atomic E-state index is 0.0854. The molecule has 1 saturated carbocycles. The number of nitrogens with zero attached hydrogens (tertiary/aromatic N) is 1. The first-order valence-corrected chi connectivity index (χ1v) is 8.74. The van der Waals surface area contributed by atoms with Gasteiger partial charge in [0.05, 0.1) is 5.41 Å². The lowest BCUT2D eigenvalue weighted by Crippen LogP contribution is -2.39. The number of para-hydroxylation sites is 1. The van der Waals surface area contributed by atoms with Gasteiger partial charge < -0.3 is 15.3 Å². The van der Waals surface area contributed by atoms with Crippen LogP contribution in [0.2, 0.25) is 0 Å². The Hall–Kier alpha value is -2.04. The van der Waals surface area contributed by atoms with Gasteiger partial charge in [-0.3, -0.25) is 4.79 Å². The van der Waals surface area contributed by atoms with Gasteiger partial charge in [0, 0.05) is 18.8 Å². The predicted molar refractivity (Wildman–Crippen MR) is 93.3 cm³/mol. The molecule has 2 amide bonds. The van der Waals surface area contributed by atoms with E-state index in [1.807, 2.05) is 25.1 Å². The van der Waals surface area contributed by atoms with Gasteiger partial charge in [-0.15, -0.1) is 0 Å². The van der Waals surface area contributed by atoms with E-state index in [2.05, 4.69) is 19.2 Å². The molecule has 0 aromatic heterocycles. The van der Waals surface area contributed by atoms with E-state index in [9.17, 15) is 14.7 Å². The van der Waals surface area contributed by atoms with Crippen molar-refractivity contribution in [2.75, 3.05) is 18.4 Å². The topological polar surface area (TPSA) is 69.6 Å². The molecule has 1 aliphatic heterocycles. The summed E-state index contributed by atoms with van der Waals surface area (Å²) in [5, 5.41) is 12.7. The number of rotatable bonds is 3. The number of hydrogen-bond acceptors (Lipinski definition) is 2. The standard InChI is InChI=1S/C19H26N2O3/c1-12(2)15-8-4-6-13(3)16(15)20-18(24)21-10-14-7-5-9-19(14,11-21)17(22)23/h4,6,8,12,14H,5,7,9-11H2,1-3H3,(H,20,24)(H,22,23)/t14-,19+/m0/s1. The van der Waals surface area contributed by atoms with Crippen LogP contribution in [0.5, 0.6) is 0 Å². The summed E-state index contributed by atoms with van der Waals surface area (Å²) in [7, 11) is 0. The van der Waals surface area contributed by atoms with Gasteiger partial charge in [0.25, 0.3) is 0 Å². The second-order valence-electron chi connectivity index (χ2n) is 7.55. The largest absolute Gasteiger partial charge is 0.481 e. The van der Waals surface area contributed by atoms with Crippen molar-refractivity contribution < 1.29 is 14.7 Å². The van der Waals surface area contributed by atoms with E-state index in [-0.39, 0.29) is 11.9 Å². The van der Waals surface area contributed by atoms with Gasteiger partial charge in [-0.2, -0.15) is 0 Å². The fourth-order valence-corrected chi connectivity index (χ4v) is 4.32. The number of fused-ring (bicyclic) bond motifs is 1. The summed E-state index contributed by atoms with van der Waals surface area (Å²) in [5.41, 5.74) is 2.26. The van der Waals surface area contributed by atoms with Crippen LogP contribution in [0.1, 0.15) is 50.2 Å². The van der Waals surface area contributed by atoms with Gasteiger partial charge in [0.2, 0.25) is 0 Å². The lowest BCUT2D eigenvalue weighted by molar-refractivity contribution is -0.149. The van der Waals surface area contributed by atoms with Gasteiger partial charge in [0.15, 0.2) is 0 Å². The highest BCUT2D eigenvalue weighted by molar-refractivity contribution is 5.92. The number of nitrogens with one attached hydrogen (secondary N) is 1. The molecule has 2 aliphatic rings. The molecule has 1 aromatic rings. The molecule has 0 bridgehead atoms. The van der Waals surface area contributed by atoms with E-state index in [4.69, 9.17) is 0 Å². The van der Waals surface area contributed by atoms with Crippen LogP contribution in [0.25, 0.3) is 0 Å². The van der Waals surface area contributed by atoms with Crippen LogP contribution in [0.15, 0.2) is 18.2 Å². The quantitative estimate of drug-likeness (QED) is 0.885. The van der Waals surface area contributed by atoms with E-state index < -0.39 is 11.4 Å². The molecule has 1 aliphatic carbocycles.